The number of ether oxygens (including phenoxy) is 1. The zero-order chi connectivity index (χ0) is 27.6. The SMILES string of the molecule is Cn1c2c(c(=O)n1Cc1ccccc1)C(C(=O)NO)N(S(=O)(=O)c1ccc(OCc3ccccc3)cc1)CC2. The Morgan fingerprint density at radius 1 is 0.974 bits per heavy atom. The molecular weight excluding hydrogens is 520 g/mol. The van der Waals surface area contributed by atoms with E-state index in [1.165, 1.54) is 16.8 Å². The lowest BCUT2D eigenvalue weighted by Crippen LogP contribution is -2.48. The van der Waals surface area contributed by atoms with Crippen LogP contribution in [-0.4, -0.2) is 39.7 Å². The minimum Gasteiger partial charge on any atom is -0.489 e. The van der Waals surface area contributed by atoms with Crippen LogP contribution in [0.25, 0.3) is 0 Å². The zero-order valence-corrected chi connectivity index (χ0v) is 22.0. The van der Waals surface area contributed by atoms with Crippen molar-refractivity contribution in [2.75, 3.05) is 6.54 Å². The van der Waals surface area contributed by atoms with Crippen LogP contribution < -0.4 is 15.8 Å². The maximum Gasteiger partial charge on any atom is 0.272 e. The molecule has 1 atom stereocenters. The molecular formula is C28H28N4O6S. The number of fused-ring (bicyclic) bond motifs is 1. The number of nitrogens with one attached hydrogen (secondary N) is 1. The highest BCUT2D eigenvalue weighted by Gasteiger charge is 2.44. The summed E-state index contributed by atoms with van der Waals surface area (Å²) in [6, 6.07) is 23.3. The molecule has 0 saturated carbocycles. The Bertz CT molecular complexity index is 1630. The average Bonchev–Trinajstić information content (AvgIpc) is 3.21. The quantitative estimate of drug-likeness (QED) is 0.258. The van der Waals surface area contributed by atoms with Crippen molar-refractivity contribution in [3.05, 3.63) is 118 Å². The van der Waals surface area contributed by atoms with E-state index in [-0.39, 0.29) is 30.0 Å². The predicted molar refractivity (Wildman–Crippen MR) is 143 cm³/mol. The molecule has 1 unspecified atom stereocenters. The number of sulfonamides is 1. The fourth-order valence-electron chi connectivity index (χ4n) is 4.88. The lowest BCUT2D eigenvalue weighted by atomic mass is 10.0. The van der Waals surface area contributed by atoms with E-state index in [2.05, 4.69) is 0 Å². The minimum atomic E-state index is -4.22. The van der Waals surface area contributed by atoms with E-state index in [4.69, 9.17) is 4.74 Å². The van der Waals surface area contributed by atoms with Crippen molar-refractivity contribution < 1.29 is 23.2 Å². The van der Waals surface area contributed by atoms with Gasteiger partial charge in [-0.05, 0) is 35.4 Å². The average molecular weight is 549 g/mol. The molecule has 1 aromatic heterocycles. The molecule has 3 aromatic carbocycles. The van der Waals surface area contributed by atoms with E-state index in [1.54, 1.807) is 29.3 Å². The van der Waals surface area contributed by atoms with Crippen LogP contribution in [0.5, 0.6) is 5.75 Å². The number of nitrogens with zero attached hydrogens (tertiary/aromatic N) is 3. The molecule has 5 rings (SSSR count). The molecule has 4 aromatic rings. The number of carbonyl (C=O) groups excluding carboxylic acids is 1. The van der Waals surface area contributed by atoms with Crippen LogP contribution >= 0.6 is 0 Å². The van der Waals surface area contributed by atoms with E-state index in [0.29, 0.717) is 18.1 Å². The van der Waals surface area contributed by atoms with E-state index >= 15 is 0 Å². The second-order valence-corrected chi connectivity index (χ2v) is 11.1. The molecule has 11 heteroatoms. The maximum absolute atomic E-state index is 13.7. The van der Waals surface area contributed by atoms with Crippen LogP contribution in [0, 0.1) is 0 Å². The lowest BCUT2D eigenvalue weighted by Gasteiger charge is -2.32. The van der Waals surface area contributed by atoms with Crippen molar-refractivity contribution in [3.8, 4) is 5.75 Å². The van der Waals surface area contributed by atoms with Gasteiger partial charge in [0, 0.05) is 25.7 Å². The zero-order valence-electron chi connectivity index (χ0n) is 21.2. The monoisotopic (exact) mass is 548 g/mol. The molecule has 39 heavy (non-hydrogen) atoms. The standard InChI is InChI=1S/C28H28N4O6S/c1-30-24-16-17-32(26(27(33)29-35)25(24)28(34)31(30)18-20-8-4-2-5-9-20)39(36,37)23-14-12-22(13-15-23)38-19-21-10-6-3-7-11-21/h2-15,26,35H,16-19H2,1H3,(H,29,33). The Balaban J connectivity index is 1.45. The van der Waals surface area contributed by atoms with Crippen LogP contribution in [-0.2, 0) is 41.4 Å². The normalized spacial score (nSPS) is 15.5. The number of aromatic nitrogens is 2. The van der Waals surface area contributed by atoms with Gasteiger partial charge in [0.25, 0.3) is 11.5 Å². The van der Waals surface area contributed by atoms with Crippen molar-refractivity contribution in [2.24, 2.45) is 7.05 Å². The highest BCUT2D eigenvalue weighted by Crippen LogP contribution is 2.33. The molecule has 0 saturated heterocycles. The Kier molecular flexibility index (Phi) is 7.38. The van der Waals surface area contributed by atoms with Gasteiger partial charge in [0.1, 0.15) is 18.4 Å². The summed E-state index contributed by atoms with van der Waals surface area (Å²) in [5.74, 6) is -0.521. The first-order chi connectivity index (χ1) is 18.8. The summed E-state index contributed by atoms with van der Waals surface area (Å²) in [4.78, 5) is 26.4. The molecule has 0 spiro atoms. The number of hydrogen-bond donors (Lipinski definition) is 2. The minimum absolute atomic E-state index is 0.0256. The molecule has 0 bridgehead atoms. The van der Waals surface area contributed by atoms with Gasteiger partial charge in [0.15, 0.2) is 0 Å². The van der Waals surface area contributed by atoms with Gasteiger partial charge >= 0.3 is 0 Å². The summed E-state index contributed by atoms with van der Waals surface area (Å²) in [7, 11) is -2.52. The van der Waals surface area contributed by atoms with E-state index in [1.807, 2.05) is 60.7 Å². The van der Waals surface area contributed by atoms with Crippen molar-refractivity contribution in [1.82, 2.24) is 19.1 Å². The van der Waals surface area contributed by atoms with Gasteiger partial charge in [-0.1, -0.05) is 60.7 Å². The topological polar surface area (TPSA) is 123 Å². The smallest absolute Gasteiger partial charge is 0.272 e. The summed E-state index contributed by atoms with van der Waals surface area (Å²) >= 11 is 0. The van der Waals surface area contributed by atoms with Crippen LogP contribution in [0.2, 0.25) is 0 Å². The first-order valence-electron chi connectivity index (χ1n) is 12.4. The third kappa shape index (κ3) is 5.11. The third-order valence-corrected chi connectivity index (χ3v) is 8.75. The Morgan fingerprint density at radius 3 is 2.21 bits per heavy atom. The van der Waals surface area contributed by atoms with Gasteiger partial charge in [-0.25, -0.2) is 18.6 Å². The van der Waals surface area contributed by atoms with Gasteiger partial charge < -0.3 is 4.74 Å². The molecule has 0 aliphatic carbocycles. The number of amides is 1. The third-order valence-electron chi connectivity index (χ3n) is 6.87. The summed E-state index contributed by atoms with van der Waals surface area (Å²) in [6.07, 6.45) is 0.218. The summed E-state index contributed by atoms with van der Waals surface area (Å²) in [6.45, 7) is 0.514. The summed E-state index contributed by atoms with van der Waals surface area (Å²) in [5.41, 5.74) is 3.47. The number of hydrogen-bond acceptors (Lipinski definition) is 6. The molecule has 2 heterocycles. The first-order valence-corrected chi connectivity index (χ1v) is 13.8. The van der Waals surface area contributed by atoms with E-state index < -0.39 is 27.5 Å². The Hall–Kier alpha value is -4.19. The van der Waals surface area contributed by atoms with Gasteiger partial charge in [-0.3, -0.25) is 19.5 Å². The van der Waals surface area contributed by atoms with E-state index in [9.17, 15) is 23.2 Å². The first kappa shape index (κ1) is 26.4. The highest BCUT2D eigenvalue weighted by molar-refractivity contribution is 7.89. The fraction of sp³-hybridized carbons (Fsp3) is 0.214. The van der Waals surface area contributed by atoms with Crippen molar-refractivity contribution in [3.63, 3.8) is 0 Å². The van der Waals surface area contributed by atoms with Gasteiger partial charge in [0.05, 0.1) is 17.0 Å². The predicted octanol–water partition coefficient (Wildman–Crippen LogP) is 2.61. The second kappa shape index (κ2) is 10.9. The van der Waals surface area contributed by atoms with Crippen molar-refractivity contribution >= 4 is 15.9 Å². The molecule has 1 aliphatic heterocycles. The molecule has 10 nitrogen and oxygen atoms in total. The fourth-order valence-corrected chi connectivity index (χ4v) is 6.44. The van der Waals surface area contributed by atoms with Gasteiger partial charge in [0.2, 0.25) is 10.0 Å². The van der Waals surface area contributed by atoms with Crippen LogP contribution in [0.3, 0.4) is 0 Å². The Morgan fingerprint density at radius 2 is 1.59 bits per heavy atom. The second-order valence-electron chi connectivity index (χ2n) is 9.22. The van der Waals surface area contributed by atoms with Crippen LogP contribution in [0.4, 0.5) is 0 Å². The van der Waals surface area contributed by atoms with Gasteiger partial charge in [-0.2, -0.15) is 4.31 Å². The number of hydroxylamine groups is 1. The number of carbonyl (C=O) groups is 1. The largest absolute Gasteiger partial charge is 0.489 e. The van der Waals surface area contributed by atoms with Crippen molar-refractivity contribution in [1.29, 1.82) is 0 Å². The van der Waals surface area contributed by atoms with Crippen LogP contribution in [0.1, 0.15) is 28.4 Å². The Labute approximate surface area is 225 Å². The molecule has 1 amide bonds. The summed E-state index contributed by atoms with van der Waals surface area (Å²) < 4.78 is 37.3. The summed E-state index contributed by atoms with van der Waals surface area (Å²) in [5, 5.41) is 9.51. The van der Waals surface area contributed by atoms with Crippen molar-refractivity contribution in [2.45, 2.75) is 30.5 Å². The van der Waals surface area contributed by atoms with Gasteiger partial charge in [-0.15, -0.1) is 0 Å². The molecule has 0 radical (unpaired) electrons. The highest BCUT2D eigenvalue weighted by atomic mass is 32.2. The molecule has 2 N–H and O–H groups in total. The molecule has 202 valence electrons. The molecule has 0 fully saturated rings. The van der Waals surface area contributed by atoms with Crippen LogP contribution in [0.15, 0.2) is 94.6 Å². The number of rotatable bonds is 8. The molecule has 1 aliphatic rings. The number of benzene rings is 3. The lowest BCUT2D eigenvalue weighted by molar-refractivity contribution is -0.133. The van der Waals surface area contributed by atoms with E-state index in [0.717, 1.165) is 15.4 Å². The maximum atomic E-state index is 13.7.